The number of rotatable bonds is 7. The first-order chi connectivity index (χ1) is 12.9. The Bertz CT molecular complexity index is 844. The number of benzene rings is 2. The van der Waals surface area contributed by atoms with Gasteiger partial charge in [0.15, 0.2) is 0 Å². The van der Waals surface area contributed by atoms with Gasteiger partial charge in [-0.1, -0.05) is 48.0 Å². The van der Waals surface area contributed by atoms with Gasteiger partial charge < -0.3 is 15.3 Å². The van der Waals surface area contributed by atoms with Gasteiger partial charge in [0.1, 0.15) is 11.6 Å². The minimum Gasteiger partial charge on any atom is -0.395 e. The standard InChI is InChI=1S/C22H25N3O2/c1-16-11-17(2)21(18(3)12-16)24-22(27)20(13-23)15-25(9-10-26)14-19-7-5-4-6-8-19/h4-8,11-12,15,26H,9-10,14H2,1-3H3,(H,24,27)/b20-15-. The number of hydrogen-bond acceptors (Lipinski definition) is 4. The molecule has 0 atom stereocenters. The van der Waals surface area contributed by atoms with Gasteiger partial charge in [0.05, 0.1) is 6.61 Å². The first-order valence-electron chi connectivity index (χ1n) is 8.84. The average molecular weight is 363 g/mol. The lowest BCUT2D eigenvalue weighted by atomic mass is 10.0. The highest BCUT2D eigenvalue weighted by atomic mass is 16.3. The maximum Gasteiger partial charge on any atom is 0.267 e. The molecule has 0 aliphatic heterocycles. The highest BCUT2D eigenvalue weighted by molar-refractivity contribution is 6.07. The molecule has 0 radical (unpaired) electrons. The molecule has 0 saturated carbocycles. The molecule has 0 fully saturated rings. The molecule has 140 valence electrons. The van der Waals surface area contributed by atoms with E-state index in [4.69, 9.17) is 0 Å². The molecule has 0 unspecified atom stereocenters. The van der Waals surface area contributed by atoms with Gasteiger partial charge >= 0.3 is 0 Å². The van der Waals surface area contributed by atoms with Gasteiger partial charge in [0.2, 0.25) is 0 Å². The smallest absolute Gasteiger partial charge is 0.267 e. The van der Waals surface area contributed by atoms with Crippen molar-refractivity contribution in [2.45, 2.75) is 27.3 Å². The predicted molar refractivity (Wildman–Crippen MR) is 107 cm³/mol. The van der Waals surface area contributed by atoms with Gasteiger partial charge in [-0.05, 0) is 37.5 Å². The average Bonchev–Trinajstić information content (AvgIpc) is 2.63. The molecule has 0 aliphatic carbocycles. The van der Waals surface area contributed by atoms with Crippen molar-refractivity contribution in [3.05, 3.63) is 76.5 Å². The molecular formula is C22H25N3O2. The van der Waals surface area contributed by atoms with E-state index in [1.165, 1.54) is 6.20 Å². The van der Waals surface area contributed by atoms with Crippen molar-refractivity contribution in [1.82, 2.24) is 4.90 Å². The second-order valence-corrected chi connectivity index (χ2v) is 6.56. The fourth-order valence-electron chi connectivity index (χ4n) is 3.01. The molecule has 1 amide bonds. The zero-order valence-corrected chi connectivity index (χ0v) is 16.0. The van der Waals surface area contributed by atoms with E-state index >= 15 is 0 Å². The third-order valence-electron chi connectivity index (χ3n) is 4.21. The van der Waals surface area contributed by atoms with Crippen LogP contribution in [0.25, 0.3) is 0 Å². The molecule has 0 heterocycles. The second-order valence-electron chi connectivity index (χ2n) is 6.56. The van der Waals surface area contributed by atoms with Gasteiger partial charge in [-0.25, -0.2) is 0 Å². The van der Waals surface area contributed by atoms with E-state index in [-0.39, 0.29) is 12.2 Å². The largest absolute Gasteiger partial charge is 0.395 e. The second kappa shape index (κ2) is 9.56. The third-order valence-corrected chi connectivity index (χ3v) is 4.21. The lowest BCUT2D eigenvalue weighted by molar-refractivity contribution is -0.112. The zero-order chi connectivity index (χ0) is 19.8. The van der Waals surface area contributed by atoms with Crippen molar-refractivity contribution in [3.63, 3.8) is 0 Å². The van der Waals surface area contributed by atoms with Crippen LogP contribution in [0.15, 0.2) is 54.2 Å². The summed E-state index contributed by atoms with van der Waals surface area (Å²) in [6.07, 6.45) is 1.51. The summed E-state index contributed by atoms with van der Waals surface area (Å²) < 4.78 is 0. The SMILES string of the molecule is Cc1cc(C)c(NC(=O)/C(C#N)=C\N(CCO)Cc2ccccc2)c(C)c1. The molecule has 2 aromatic carbocycles. The van der Waals surface area contributed by atoms with Crippen molar-refractivity contribution >= 4 is 11.6 Å². The molecule has 5 heteroatoms. The molecule has 2 N–H and O–H groups in total. The minimum absolute atomic E-state index is 0.00115. The first kappa shape index (κ1) is 20.2. The number of nitriles is 1. The van der Waals surface area contributed by atoms with Crippen LogP contribution in [0.5, 0.6) is 0 Å². The van der Waals surface area contributed by atoms with Crippen LogP contribution in [0.4, 0.5) is 5.69 Å². The summed E-state index contributed by atoms with van der Waals surface area (Å²) in [5, 5.41) is 21.6. The maximum absolute atomic E-state index is 12.6. The topological polar surface area (TPSA) is 76.4 Å². The Morgan fingerprint density at radius 2 is 1.81 bits per heavy atom. The predicted octanol–water partition coefficient (Wildman–Crippen LogP) is 3.45. The van der Waals surface area contributed by atoms with Crippen molar-refractivity contribution in [1.29, 1.82) is 5.26 Å². The number of aliphatic hydroxyl groups excluding tert-OH is 1. The maximum atomic E-state index is 12.6. The van der Waals surface area contributed by atoms with Gasteiger partial charge in [-0.3, -0.25) is 4.79 Å². The van der Waals surface area contributed by atoms with E-state index in [9.17, 15) is 15.2 Å². The number of carbonyl (C=O) groups is 1. The van der Waals surface area contributed by atoms with E-state index in [1.807, 2.05) is 69.3 Å². The Hall–Kier alpha value is -3.10. The Kier molecular flexibility index (Phi) is 7.16. The summed E-state index contributed by atoms with van der Waals surface area (Å²) in [5.74, 6) is -0.455. The van der Waals surface area contributed by atoms with E-state index in [0.29, 0.717) is 13.1 Å². The number of aliphatic hydroxyl groups is 1. The van der Waals surface area contributed by atoms with Crippen molar-refractivity contribution in [2.24, 2.45) is 0 Å². The number of aryl methyl sites for hydroxylation is 3. The summed E-state index contributed by atoms with van der Waals surface area (Å²) in [5.41, 5.74) is 4.78. The van der Waals surface area contributed by atoms with Crippen LogP contribution in [-0.4, -0.2) is 29.1 Å². The quantitative estimate of drug-likeness (QED) is 0.583. The fourth-order valence-corrected chi connectivity index (χ4v) is 3.01. The number of hydrogen-bond donors (Lipinski definition) is 2. The molecule has 2 rings (SSSR count). The molecule has 0 spiro atoms. The molecule has 27 heavy (non-hydrogen) atoms. The van der Waals surface area contributed by atoms with Crippen LogP contribution in [0.2, 0.25) is 0 Å². The monoisotopic (exact) mass is 363 g/mol. The Balaban J connectivity index is 2.22. The Labute approximate surface area is 160 Å². The van der Waals surface area contributed by atoms with Crippen LogP contribution in [0.3, 0.4) is 0 Å². The zero-order valence-electron chi connectivity index (χ0n) is 16.0. The Morgan fingerprint density at radius 3 is 2.37 bits per heavy atom. The number of amides is 1. The number of nitrogens with one attached hydrogen (secondary N) is 1. The molecule has 0 aliphatic rings. The van der Waals surface area contributed by atoms with Crippen LogP contribution in [0.1, 0.15) is 22.3 Å². The third kappa shape index (κ3) is 5.70. The lowest BCUT2D eigenvalue weighted by Crippen LogP contribution is -2.24. The van der Waals surface area contributed by atoms with E-state index in [2.05, 4.69) is 5.32 Å². The van der Waals surface area contributed by atoms with Crippen LogP contribution in [0, 0.1) is 32.1 Å². The van der Waals surface area contributed by atoms with Gasteiger partial charge in [-0.15, -0.1) is 0 Å². The molecule has 5 nitrogen and oxygen atoms in total. The van der Waals surface area contributed by atoms with E-state index in [1.54, 1.807) is 4.90 Å². The van der Waals surface area contributed by atoms with E-state index in [0.717, 1.165) is 27.9 Å². The number of anilines is 1. The number of carbonyl (C=O) groups excluding carboxylic acids is 1. The summed E-state index contributed by atoms with van der Waals surface area (Å²) in [7, 11) is 0. The highest BCUT2D eigenvalue weighted by Crippen LogP contribution is 2.22. The minimum atomic E-state index is -0.455. The molecule has 2 aromatic rings. The van der Waals surface area contributed by atoms with Gasteiger partial charge in [0.25, 0.3) is 5.91 Å². The summed E-state index contributed by atoms with van der Waals surface area (Å²) in [4.78, 5) is 14.4. The van der Waals surface area contributed by atoms with Crippen molar-refractivity contribution in [3.8, 4) is 6.07 Å². The van der Waals surface area contributed by atoms with Crippen molar-refractivity contribution < 1.29 is 9.90 Å². The fraction of sp³-hybridized carbons (Fsp3) is 0.273. The van der Waals surface area contributed by atoms with Gasteiger partial charge in [-0.2, -0.15) is 5.26 Å². The molecule has 0 bridgehead atoms. The molecule has 0 saturated heterocycles. The highest BCUT2D eigenvalue weighted by Gasteiger charge is 2.14. The van der Waals surface area contributed by atoms with E-state index < -0.39 is 5.91 Å². The van der Waals surface area contributed by atoms with Crippen molar-refractivity contribution in [2.75, 3.05) is 18.5 Å². The van der Waals surface area contributed by atoms with Crippen LogP contribution in [-0.2, 0) is 11.3 Å². The molecule has 0 aromatic heterocycles. The van der Waals surface area contributed by atoms with Gasteiger partial charge in [0, 0.05) is 25.0 Å². The summed E-state index contributed by atoms with van der Waals surface area (Å²) >= 11 is 0. The first-order valence-corrected chi connectivity index (χ1v) is 8.84. The summed E-state index contributed by atoms with van der Waals surface area (Å²) in [6.45, 7) is 6.62. The van der Waals surface area contributed by atoms with Crippen LogP contribution >= 0.6 is 0 Å². The summed E-state index contributed by atoms with van der Waals surface area (Å²) in [6, 6.07) is 15.7. The Morgan fingerprint density at radius 1 is 1.19 bits per heavy atom. The molecular weight excluding hydrogens is 338 g/mol. The number of nitrogens with zero attached hydrogens (tertiary/aromatic N) is 2. The van der Waals surface area contributed by atoms with Crippen LogP contribution < -0.4 is 5.32 Å². The normalized spacial score (nSPS) is 11.0. The lowest BCUT2D eigenvalue weighted by Gasteiger charge is -2.20.